The van der Waals surface area contributed by atoms with E-state index >= 15 is 0 Å². The van der Waals surface area contributed by atoms with Crippen molar-refractivity contribution < 1.29 is 28.5 Å². The van der Waals surface area contributed by atoms with E-state index in [1.54, 1.807) is 24.3 Å². The Morgan fingerprint density at radius 2 is 1.85 bits per heavy atom. The molecule has 0 saturated carbocycles. The third-order valence-corrected chi connectivity index (χ3v) is 4.55. The van der Waals surface area contributed by atoms with Gasteiger partial charge in [0.05, 0.1) is 11.2 Å². The minimum atomic E-state index is -1.04. The molecule has 2 aromatic carbocycles. The number of rotatable bonds is 9. The number of nitro benzene ring substituents is 1. The lowest BCUT2D eigenvalue weighted by atomic mass is 10.1. The quantitative estimate of drug-likeness (QED) is 0.215. The van der Waals surface area contributed by atoms with Gasteiger partial charge in [-0.1, -0.05) is 42.5 Å². The second kappa shape index (κ2) is 11.2. The number of amides is 2. The second-order valence-electron chi connectivity index (χ2n) is 7.13. The summed E-state index contributed by atoms with van der Waals surface area (Å²) in [7, 11) is 0. The average Bonchev–Trinajstić information content (AvgIpc) is 3.38. The smallest absolute Gasteiger partial charge is 0.328 e. The topological polar surface area (TPSA) is 141 Å². The first kappa shape index (κ1) is 23.9. The predicted octanol–water partition coefficient (Wildman–Crippen LogP) is 3.21. The van der Waals surface area contributed by atoms with Crippen molar-refractivity contribution in [2.45, 2.75) is 19.6 Å². The number of furan rings is 1. The molecule has 1 atom stereocenters. The molecule has 0 unspecified atom stereocenters. The van der Waals surface area contributed by atoms with Crippen LogP contribution in [0.4, 0.5) is 5.69 Å². The normalized spacial score (nSPS) is 11.9. The molecule has 3 rings (SSSR count). The van der Waals surface area contributed by atoms with E-state index in [9.17, 15) is 24.5 Å². The van der Waals surface area contributed by atoms with Crippen LogP contribution >= 0.6 is 0 Å². The average molecular weight is 463 g/mol. The number of benzene rings is 2. The molecule has 0 aliphatic rings. The first-order chi connectivity index (χ1) is 16.3. The molecule has 0 spiro atoms. The second-order valence-corrected chi connectivity index (χ2v) is 7.13. The number of carbonyl (C=O) groups excluding carboxylic acids is 3. The molecule has 0 fully saturated rings. The van der Waals surface area contributed by atoms with Gasteiger partial charge in [-0.3, -0.25) is 19.7 Å². The summed E-state index contributed by atoms with van der Waals surface area (Å²) in [6.07, 6.45) is 2.55. The van der Waals surface area contributed by atoms with Gasteiger partial charge in [0, 0.05) is 12.1 Å². The Morgan fingerprint density at radius 3 is 2.53 bits per heavy atom. The summed E-state index contributed by atoms with van der Waals surface area (Å²) in [5.41, 5.74) is 0.637. The standard InChI is InChI=1S/C24H21N3O7/c1-16(24(30)34-15-17-7-3-2-4-8-17)25-22(28)20(26-23(29)21-11-6-12-33-21)14-18-9-5-10-19(13-18)27(31)32/h2-14,16H,15H2,1H3,(H,25,28)(H,26,29)/b20-14+/t16-/m0/s1. The highest BCUT2D eigenvalue weighted by molar-refractivity contribution is 6.05. The summed E-state index contributed by atoms with van der Waals surface area (Å²) in [5.74, 6) is -2.23. The van der Waals surface area contributed by atoms with Gasteiger partial charge in [0.15, 0.2) is 5.76 Å². The monoisotopic (exact) mass is 463 g/mol. The molecule has 2 N–H and O–H groups in total. The van der Waals surface area contributed by atoms with Crippen molar-refractivity contribution in [3.05, 3.63) is 106 Å². The summed E-state index contributed by atoms with van der Waals surface area (Å²) < 4.78 is 10.3. The Hall–Kier alpha value is -4.73. The number of hydrogen-bond acceptors (Lipinski definition) is 7. The van der Waals surface area contributed by atoms with E-state index in [1.807, 2.05) is 6.07 Å². The highest BCUT2D eigenvalue weighted by Crippen LogP contribution is 2.16. The van der Waals surface area contributed by atoms with E-state index in [4.69, 9.17) is 9.15 Å². The molecule has 1 heterocycles. The molecule has 0 bridgehead atoms. The fourth-order valence-electron chi connectivity index (χ4n) is 2.83. The molecule has 2 amide bonds. The van der Waals surface area contributed by atoms with Crippen molar-refractivity contribution in [3.8, 4) is 0 Å². The zero-order valence-corrected chi connectivity index (χ0v) is 18.1. The number of hydrogen-bond donors (Lipinski definition) is 2. The lowest BCUT2D eigenvalue weighted by Crippen LogP contribution is -2.43. The Kier molecular flexibility index (Phi) is 7.90. The minimum Gasteiger partial charge on any atom is -0.459 e. The van der Waals surface area contributed by atoms with Gasteiger partial charge in [-0.05, 0) is 36.3 Å². The number of nitrogens with zero attached hydrogens (tertiary/aromatic N) is 1. The zero-order chi connectivity index (χ0) is 24.5. The largest absolute Gasteiger partial charge is 0.459 e. The Labute approximate surface area is 194 Å². The van der Waals surface area contributed by atoms with Crippen molar-refractivity contribution in [3.63, 3.8) is 0 Å². The van der Waals surface area contributed by atoms with Crippen LogP contribution in [0.25, 0.3) is 6.08 Å². The first-order valence-corrected chi connectivity index (χ1v) is 10.2. The summed E-state index contributed by atoms with van der Waals surface area (Å²) in [4.78, 5) is 48.1. The van der Waals surface area contributed by atoms with Crippen LogP contribution in [-0.2, 0) is 20.9 Å². The van der Waals surface area contributed by atoms with Gasteiger partial charge in [0.1, 0.15) is 18.3 Å². The lowest BCUT2D eigenvalue weighted by Gasteiger charge is -2.15. The number of nitrogens with one attached hydrogen (secondary N) is 2. The van der Waals surface area contributed by atoms with Gasteiger partial charge < -0.3 is 19.8 Å². The van der Waals surface area contributed by atoms with Crippen molar-refractivity contribution in [2.24, 2.45) is 0 Å². The molecular weight excluding hydrogens is 442 g/mol. The lowest BCUT2D eigenvalue weighted by molar-refractivity contribution is -0.384. The maximum absolute atomic E-state index is 12.9. The van der Waals surface area contributed by atoms with Crippen LogP contribution in [0.1, 0.15) is 28.6 Å². The van der Waals surface area contributed by atoms with Crippen molar-refractivity contribution in [2.75, 3.05) is 0 Å². The van der Waals surface area contributed by atoms with Crippen LogP contribution in [0.2, 0.25) is 0 Å². The van der Waals surface area contributed by atoms with E-state index in [1.165, 1.54) is 55.7 Å². The molecule has 0 aliphatic heterocycles. The fraction of sp³-hybridized carbons (Fsp3) is 0.125. The molecule has 10 nitrogen and oxygen atoms in total. The van der Waals surface area contributed by atoms with Crippen LogP contribution in [0.5, 0.6) is 0 Å². The van der Waals surface area contributed by atoms with E-state index in [0.29, 0.717) is 5.56 Å². The Balaban J connectivity index is 1.75. The summed E-state index contributed by atoms with van der Waals surface area (Å²) in [6, 6.07) is 16.4. The highest BCUT2D eigenvalue weighted by Gasteiger charge is 2.22. The third kappa shape index (κ3) is 6.63. The fourth-order valence-corrected chi connectivity index (χ4v) is 2.83. The summed E-state index contributed by atoms with van der Waals surface area (Å²) in [5, 5.41) is 15.9. The molecule has 0 aliphatic carbocycles. The maximum Gasteiger partial charge on any atom is 0.328 e. The number of esters is 1. The first-order valence-electron chi connectivity index (χ1n) is 10.2. The molecule has 10 heteroatoms. The Bertz CT molecular complexity index is 1200. The number of nitro groups is 1. The van der Waals surface area contributed by atoms with Gasteiger partial charge in [-0.25, -0.2) is 4.79 Å². The molecule has 1 aromatic heterocycles. The third-order valence-electron chi connectivity index (χ3n) is 4.55. The van der Waals surface area contributed by atoms with E-state index < -0.39 is 28.7 Å². The maximum atomic E-state index is 12.9. The molecule has 174 valence electrons. The molecule has 34 heavy (non-hydrogen) atoms. The number of non-ortho nitro benzene ring substituents is 1. The van der Waals surface area contributed by atoms with E-state index in [2.05, 4.69) is 10.6 Å². The van der Waals surface area contributed by atoms with Crippen molar-refractivity contribution >= 4 is 29.5 Å². The molecule has 3 aromatic rings. The van der Waals surface area contributed by atoms with Crippen LogP contribution in [0.15, 0.2) is 83.1 Å². The van der Waals surface area contributed by atoms with Gasteiger partial charge in [-0.15, -0.1) is 0 Å². The van der Waals surface area contributed by atoms with Crippen LogP contribution in [-0.4, -0.2) is 28.7 Å². The SMILES string of the molecule is C[C@H](NC(=O)/C(=C\c1cccc([N+](=O)[O-])c1)NC(=O)c1ccco1)C(=O)OCc1ccccc1. The van der Waals surface area contributed by atoms with Gasteiger partial charge in [-0.2, -0.15) is 0 Å². The molecule has 0 radical (unpaired) electrons. The minimum absolute atomic E-state index is 0.0332. The number of carbonyl (C=O) groups is 3. The molecule has 0 saturated heterocycles. The highest BCUT2D eigenvalue weighted by atomic mass is 16.6. The summed E-state index contributed by atoms with van der Waals surface area (Å²) in [6.45, 7) is 1.47. The molecular formula is C24H21N3O7. The predicted molar refractivity (Wildman–Crippen MR) is 121 cm³/mol. The van der Waals surface area contributed by atoms with Gasteiger partial charge in [0.25, 0.3) is 17.5 Å². The van der Waals surface area contributed by atoms with Crippen LogP contribution in [0.3, 0.4) is 0 Å². The van der Waals surface area contributed by atoms with Crippen LogP contribution < -0.4 is 10.6 Å². The van der Waals surface area contributed by atoms with Gasteiger partial charge >= 0.3 is 5.97 Å². The zero-order valence-electron chi connectivity index (χ0n) is 18.1. The van der Waals surface area contributed by atoms with Crippen molar-refractivity contribution in [1.82, 2.24) is 10.6 Å². The summed E-state index contributed by atoms with van der Waals surface area (Å²) >= 11 is 0. The van der Waals surface area contributed by atoms with E-state index in [0.717, 1.165) is 5.56 Å². The van der Waals surface area contributed by atoms with Crippen LogP contribution in [0, 0.1) is 10.1 Å². The van der Waals surface area contributed by atoms with E-state index in [-0.39, 0.29) is 23.8 Å². The van der Waals surface area contributed by atoms with Gasteiger partial charge in [0.2, 0.25) is 0 Å². The van der Waals surface area contributed by atoms with Crippen molar-refractivity contribution in [1.29, 1.82) is 0 Å². The number of ether oxygens (including phenoxy) is 1. The Morgan fingerprint density at radius 1 is 1.09 bits per heavy atom.